The fourth-order valence-electron chi connectivity index (χ4n) is 5.77. The fourth-order valence-corrected chi connectivity index (χ4v) is 7.08. The third-order valence-corrected chi connectivity index (χ3v) is 9.92. The van der Waals surface area contributed by atoms with E-state index >= 15 is 0 Å². The quantitative estimate of drug-likeness (QED) is 0.155. The molecule has 6 heteroatoms. The van der Waals surface area contributed by atoms with E-state index in [2.05, 4.69) is 33.8 Å². The Bertz CT molecular complexity index is 1080. The molecule has 0 aliphatic carbocycles. The third kappa shape index (κ3) is 7.38. The topological polar surface area (TPSA) is 43.4 Å². The molecule has 37 heavy (non-hydrogen) atoms. The minimum absolute atomic E-state index is 0.00585. The molecule has 0 saturated heterocycles. The van der Waals surface area contributed by atoms with E-state index in [1.165, 1.54) is 76.3 Å². The fraction of sp³-hybridized carbons (Fsp3) is 0.613. The summed E-state index contributed by atoms with van der Waals surface area (Å²) in [6.07, 6.45) is 15.2. The van der Waals surface area contributed by atoms with Gasteiger partial charge in [-0.1, -0.05) is 105 Å². The molecule has 1 aliphatic rings. The summed E-state index contributed by atoms with van der Waals surface area (Å²) in [6, 6.07) is 14.4. The highest BCUT2D eigenvalue weighted by atomic mass is 35.5. The number of quaternary nitrogens is 1. The largest absolute Gasteiger partial charge is 0.343 e. The molecule has 2 aromatic carbocycles. The molecule has 0 N–H and O–H groups in total. The summed E-state index contributed by atoms with van der Waals surface area (Å²) in [6.45, 7) is 9.40. The van der Waals surface area contributed by atoms with E-state index in [4.69, 9.17) is 15.9 Å². The molecule has 0 bridgehead atoms. The third-order valence-electron chi connectivity index (χ3n) is 8.35. The SMILES string of the molecule is CCCCCCCCCCCCCC[N+]1(OS(=O)(=O)c2ccc(Cl)cc2)c2ccccc2C(C)(C)C1C. The van der Waals surface area contributed by atoms with Gasteiger partial charge in [-0.3, -0.25) is 0 Å². The van der Waals surface area contributed by atoms with Crippen LogP contribution < -0.4 is 4.65 Å². The van der Waals surface area contributed by atoms with Gasteiger partial charge in [-0.05, 0) is 57.9 Å². The van der Waals surface area contributed by atoms with Crippen LogP contribution in [0, 0.1) is 0 Å². The number of benzene rings is 2. The van der Waals surface area contributed by atoms with Gasteiger partial charge >= 0.3 is 10.1 Å². The van der Waals surface area contributed by atoms with Crippen molar-refractivity contribution in [1.29, 1.82) is 0 Å². The smallest absolute Gasteiger partial charge is 0.189 e. The highest BCUT2D eigenvalue weighted by Gasteiger charge is 2.59. The number of rotatable bonds is 16. The molecule has 1 heterocycles. The summed E-state index contributed by atoms with van der Waals surface area (Å²) in [7, 11) is -4.00. The van der Waals surface area contributed by atoms with Crippen LogP contribution in [0.2, 0.25) is 5.02 Å². The average molecular weight is 549 g/mol. The van der Waals surface area contributed by atoms with Crippen LogP contribution >= 0.6 is 11.6 Å². The van der Waals surface area contributed by atoms with Crippen molar-refractivity contribution in [3.8, 4) is 0 Å². The summed E-state index contributed by atoms with van der Waals surface area (Å²) < 4.78 is 33.3. The summed E-state index contributed by atoms with van der Waals surface area (Å²) in [5.74, 6) is 0. The van der Waals surface area contributed by atoms with Gasteiger partial charge in [0.25, 0.3) is 0 Å². The van der Waals surface area contributed by atoms with E-state index in [0.717, 1.165) is 24.1 Å². The summed E-state index contributed by atoms with van der Waals surface area (Å²) in [4.78, 5) is 0.137. The van der Waals surface area contributed by atoms with Crippen molar-refractivity contribution >= 4 is 27.4 Å². The molecule has 1 aliphatic heterocycles. The number of halogens is 1. The number of fused-ring (bicyclic) bond motifs is 1. The summed E-state index contributed by atoms with van der Waals surface area (Å²) in [5, 5.41) is 0.500. The van der Waals surface area contributed by atoms with Crippen molar-refractivity contribution in [2.75, 3.05) is 6.54 Å². The molecule has 0 spiro atoms. The van der Waals surface area contributed by atoms with Crippen molar-refractivity contribution in [2.45, 2.75) is 121 Å². The Kier molecular flexibility index (Phi) is 11.1. The lowest BCUT2D eigenvalue weighted by molar-refractivity contribution is -0.0787. The number of nitrogens with zero attached hydrogens (tertiary/aromatic N) is 1. The molecule has 0 radical (unpaired) electrons. The Morgan fingerprint density at radius 3 is 1.89 bits per heavy atom. The Balaban J connectivity index is 1.65. The minimum Gasteiger partial charge on any atom is -0.189 e. The van der Waals surface area contributed by atoms with E-state index in [9.17, 15) is 8.42 Å². The van der Waals surface area contributed by atoms with Gasteiger partial charge in [0, 0.05) is 16.7 Å². The summed E-state index contributed by atoms with van der Waals surface area (Å²) in [5.41, 5.74) is 1.90. The normalized spacial score (nSPS) is 20.7. The van der Waals surface area contributed by atoms with Crippen LogP contribution in [0.1, 0.15) is 110 Å². The first kappa shape index (κ1) is 30.1. The van der Waals surface area contributed by atoms with Gasteiger partial charge in [0.1, 0.15) is 12.6 Å². The molecule has 2 unspecified atom stereocenters. The molecule has 2 atom stereocenters. The van der Waals surface area contributed by atoms with Crippen LogP contribution in [-0.2, 0) is 19.8 Å². The minimum atomic E-state index is -4.00. The predicted molar refractivity (Wildman–Crippen MR) is 156 cm³/mol. The average Bonchev–Trinajstić information content (AvgIpc) is 3.03. The van der Waals surface area contributed by atoms with Crippen molar-refractivity contribution in [1.82, 2.24) is 4.65 Å². The molecule has 206 valence electrons. The van der Waals surface area contributed by atoms with Gasteiger partial charge in [0.15, 0.2) is 5.69 Å². The van der Waals surface area contributed by atoms with Crippen molar-refractivity contribution in [3.05, 3.63) is 59.1 Å². The maximum Gasteiger partial charge on any atom is 0.343 e. The lowest BCUT2D eigenvalue weighted by Crippen LogP contribution is -2.58. The first-order valence-corrected chi connectivity index (χ1v) is 16.1. The van der Waals surface area contributed by atoms with Crippen LogP contribution in [0.4, 0.5) is 5.69 Å². The van der Waals surface area contributed by atoms with Gasteiger partial charge in [-0.2, -0.15) is 8.42 Å². The van der Waals surface area contributed by atoms with E-state index in [1.54, 1.807) is 12.1 Å². The standard InChI is InChI=1S/C31H47ClNO3S/c1-5-6-7-8-9-10-11-12-13-14-15-18-25-33(36-37(34,35)28-23-21-27(32)22-24-28)26(2)31(3,4)29-19-16-17-20-30(29)33/h16-17,19-24,26H,5-15,18,25H2,1-4H3/q+1. The number of para-hydroxylation sites is 1. The Morgan fingerprint density at radius 1 is 0.811 bits per heavy atom. The van der Waals surface area contributed by atoms with Gasteiger partial charge < -0.3 is 0 Å². The number of hydrogen-bond donors (Lipinski definition) is 0. The molecular formula is C31H47ClNO3S+. The lowest BCUT2D eigenvalue weighted by Gasteiger charge is -2.37. The molecule has 0 fully saturated rings. The Morgan fingerprint density at radius 2 is 1.32 bits per heavy atom. The first-order valence-electron chi connectivity index (χ1n) is 14.3. The van der Waals surface area contributed by atoms with E-state index in [0.29, 0.717) is 11.6 Å². The zero-order valence-corrected chi connectivity index (χ0v) is 24.9. The first-order chi connectivity index (χ1) is 17.6. The highest BCUT2D eigenvalue weighted by Crippen LogP contribution is 2.51. The molecular weight excluding hydrogens is 502 g/mol. The summed E-state index contributed by atoms with van der Waals surface area (Å²) >= 11 is 6.01. The van der Waals surface area contributed by atoms with Crippen LogP contribution in [0.3, 0.4) is 0 Å². The maximum atomic E-state index is 13.5. The van der Waals surface area contributed by atoms with Crippen molar-refractivity contribution in [3.63, 3.8) is 0 Å². The van der Waals surface area contributed by atoms with Gasteiger partial charge in [-0.25, -0.2) is 0 Å². The zero-order chi connectivity index (χ0) is 26.9. The molecule has 0 saturated carbocycles. The molecule has 0 aromatic heterocycles. The molecule has 4 nitrogen and oxygen atoms in total. The molecule has 0 amide bonds. The second-order valence-electron chi connectivity index (χ2n) is 11.3. The second-order valence-corrected chi connectivity index (χ2v) is 13.3. The number of unbranched alkanes of at least 4 members (excludes halogenated alkanes) is 11. The zero-order valence-electron chi connectivity index (χ0n) is 23.3. The van der Waals surface area contributed by atoms with Gasteiger partial charge in [0.05, 0.1) is 10.3 Å². The maximum absolute atomic E-state index is 13.5. The monoisotopic (exact) mass is 548 g/mol. The molecule has 3 rings (SSSR count). The van der Waals surface area contributed by atoms with Crippen molar-refractivity contribution < 1.29 is 12.7 Å². The van der Waals surface area contributed by atoms with Crippen LogP contribution in [0.25, 0.3) is 0 Å². The lowest BCUT2D eigenvalue weighted by atomic mass is 9.81. The van der Waals surface area contributed by atoms with Gasteiger partial charge in [0.2, 0.25) is 0 Å². The number of hydrogen-bond acceptors (Lipinski definition) is 3. The highest BCUT2D eigenvalue weighted by molar-refractivity contribution is 7.86. The van der Waals surface area contributed by atoms with Gasteiger partial charge in [-0.15, -0.1) is 4.65 Å². The van der Waals surface area contributed by atoms with Crippen LogP contribution in [-0.4, -0.2) is 21.0 Å². The van der Waals surface area contributed by atoms with E-state index < -0.39 is 10.1 Å². The van der Waals surface area contributed by atoms with Crippen LogP contribution in [0.5, 0.6) is 0 Å². The second kappa shape index (κ2) is 13.6. The number of hydroxylamine groups is 2. The van der Waals surface area contributed by atoms with Crippen molar-refractivity contribution in [2.24, 2.45) is 0 Å². The van der Waals surface area contributed by atoms with E-state index in [-0.39, 0.29) is 21.0 Å². The Labute approximate surface area is 231 Å². The molecule has 2 aromatic rings. The Hall–Kier alpha value is -1.40. The van der Waals surface area contributed by atoms with E-state index in [1.807, 2.05) is 18.2 Å². The predicted octanol–water partition coefficient (Wildman–Crippen LogP) is 9.35. The van der Waals surface area contributed by atoms with Crippen LogP contribution in [0.15, 0.2) is 53.4 Å².